The maximum atomic E-state index is 3.57. The van der Waals surface area contributed by atoms with Crippen molar-refractivity contribution in [3.63, 3.8) is 0 Å². The molecule has 0 spiro atoms. The van der Waals surface area contributed by atoms with Gasteiger partial charge in [0.15, 0.2) is 0 Å². The molecule has 0 bridgehead atoms. The molecule has 0 nitrogen and oxygen atoms in total. The SMILES string of the molecule is [CH2-]CC#CC[CH-]C.[CH3-].[MnH+]. The van der Waals surface area contributed by atoms with Crippen LogP contribution in [-0.2, 0) is 17.1 Å². The molecule has 0 radical (unpaired) electrons. The summed E-state index contributed by atoms with van der Waals surface area (Å²) in [5.74, 6) is 5.77. The summed E-state index contributed by atoms with van der Waals surface area (Å²) in [5, 5.41) is 0. The first-order valence-electron chi connectivity index (χ1n) is 2.44. The molecule has 0 saturated heterocycles. The van der Waals surface area contributed by atoms with Crippen LogP contribution in [0.1, 0.15) is 19.8 Å². The Kier molecular flexibility index (Phi) is 28.0. The van der Waals surface area contributed by atoms with Crippen molar-refractivity contribution in [2.24, 2.45) is 0 Å². The fourth-order valence-corrected chi connectivity index (χ4v) is 0.263. The molecule has 0 saturated carbocycles. The van der Waals surface area contributed by atoms with E-state index < -0.39 is 0 Å². The summed E-state index contributed by atoms with van der Waals surface area (Å²) >= 11 is 0. The van der Waals surface area contributed by atoms with Crippen molar-refractivity contribution in [2.75, 3.05) is 0 Å². The van der Waals surface area contributed by atoms with Gasteiger partial charge in [0.1, 0.15) is 0 Å². The van der Waals surface area contributed by atoms with Gasteiger partial charge in [-0.25, -0.2) is 0 Å². The van der Waals surface area contributed by atoms with E-state index in [4.69, 9.17) is 0 Å². The zero-order chi connectivity index (χ0) is 5.54. The molecule has 0 aromatic carbocycles. The van der Waals surface area contributed by atoms with Crippen molar-refractivity contribution in [1.82, 2.24) is 0 Å². The number of unbranched alkanes of at least 4 members (excludes halogenated alkanes) is 1. The van der Waals surface area contributed by atoms with Gasteiger partial charge in [0.05, 0.1) is 0 Å². The van der Waals surface area contributed by atoms with E-state index in [-0.39, 0.29) is 24.5 Å². The summed E-state index contributed by atoms with van der Waals surface area (Å²) in [6.45, 7) is 5.57. The van der Waals surface area contributed by atoms with Crippen LogP contribution in [0, 0.1) is 32.6 Å². The first-order valence-corrected chi connectivity index (χ1v) is 2.44. The fraction of sp³-hybridized carbons (Fsp3) is 0.375. The van der Waals surface area contributed by atoms with E-state index in [0.717, 1.165) is 12.8 Å². The molecule has 0 aliphatic carbocycles. The molecule has 0 atom stereocenters. The molecule has 0 aromatic heterocycles. The first kappa shape index (κ1) is 16.0. The van der Waals surface area contributed by atoms with E-state index in [1.807, 2.05) is 13.3 Å². The van der Waals surface area contributed by atoms with Gasteiger partial charge in [0.25, 0.3) is 0 Å². The second-order valence-corrected chi connectivity index (χ2v) is 1.22. The molecule has 1 heteroatoms. The Labute approximate surface area is 69.9 Å². The molecule has 0 heterocycles. The molecule has 0 amide bonds. The Bertz CT molecular complexity index is 76.3. The third kappa shape index (κ3) is 17.9. The summed E-state index contributed by atoms with van der Waals surface area (Å²) in [6, 6.07) is 0. The van der Waals surface area contributed by atoms with E-state index in [1.54, 1.807) is 0 Å². The van der Waals surface area contributed by atoms with Crippen LogP contribution in [0.2, 0.25) is 0 Å². The molecule has 0 N–H and O–H groups in total. The van der Waals surface area contributed by atoms with Crippen molar-refractivity contribution < 1.29 is 17.1 Å². The van der Waals surface area contributed by atoms with Gasteiger partial charge < -0.3 is 20.8 Å². The van der Waals surface area contributed by atoms with Crippen molar-refractivity contribution in [3.8, 4) is 11.8 Å². The van der Waals surface area contributed by atoms with Crippen LogP contribution in [0.3, 0.4) is 0 Å². The summed E-state index contributed by atoms with van der Waals surface area (Å²) in [4.78, 5) is 0. The zero-order valence-electron chi connectivity index (χ0n) is 6.11. The Morgan fingerprint density at radius 3 is 2.33 bits per heavy atom. The summed E-state index contributed by atoms with van der Waals surface area (Å²) in [5.41, 5.74) is 0. The minimum atomic E-state index is 0. The molecule has 0 aromatic rings. The van der Waals surface area contributed by atoms with Gasteiger partial charge in [-0.1, -0.05) is 0 Å². The predicted octanol–water partition coefficient (Wildman–Crippen LogP) is 2.01. The Balaban J connectivity index is -0.000000180. The fourth-order valence-electron chi connectivity index (χ4n) is 0.263. The molecule has 0 aliphatic heterocycles. The quantitative estimate of drug-likeness (QED) is 0.316. The number of hydrogen-bond acceptors (Lipinski definition) is 0. The Hall–Kier alpha value is 0.0795. The van der Waals surface area contributed by atoms with Crippen LogP contribution in [-0.4, -0.2) is 0 Å². The van der Waals surface area contributed by atoms with Crippen molar-refractivity contribution in [1.29, 1.82) is 0 Å². The van der Waals surface area contributed by atoms with Crippen LogP contribution in [0.15, 0.2) is 0 Å². The van der Waals surface area contributed by atoms with Crippen LogP contribution in [0.25, 0.3) is 0 Å². The molecular weight excluding hydrogens is 151 g/mol. The standard InChI is InChI=1S/C7H10.CH3.Mn.H/c1-3-5-7-6-4-2;;;/h4H,1,3,6H2,2H3;1H3;;/q-2;-1;+1;. The zero-order valence-corrected chi connectivity index (χ0v) is 7.38. The second kappa shape index (κ2) is 15.7. The van der Waals surface area contributed by atoms with E-state index in [2.05, 4.69) is 18.8 Å². The molecule has 0 unspecified atom stereocenters. The summed E-state index contributed by atoms with van der Waals surface area (Å²) in [6.07, 6.45) is 3.66. The average molecular weight is 165 g/mol. The van der Waals surface area contributed by atoms with Gasteiger partial charge in [-0.15, -0.1) is 24.7 Å². The van der Waals surface area contributed by atoms with E-state index in [0.29, 0.717) is 0 Å². The average Bonchev–Trinajstić information content (AvgIpc) is 1.69. The monoisotopic (exact) mass is 165 g/mol. The van der Waals surface area contributed by atoms with Gasteiger partial charge in [-0.3, -0.25) is 0 Å². The molecule has 0 aliphatic rings. The van der Waals surface area contributed by atoms with Crippen molar-refractivity contribution in [3.05, 3.63) is 20.8 Å². The minimum absolute atomic E-state index is 0. The van der Waals surface area contributed by atoms with Gasteiger partial charge in [0, 0.05) is 0 Å². The van der Waals surface area contributed by atoms with Crippen molar-refractivity contribution in [2.45, 2.75) is 19.8 Å². The third-order valence-electron chi connectivity index (χ3n) is 0.556. The van der Waals surface area contributed by atoms with Gasteiger partial charge in [-0.05, 0) is 0 Å². The predicted molar refractivity (Wildman–Crippen MR) is 40.2 cm³/mol. The topological polar surface area (TPSA) is 0 Å². The molecule has 0 fully saturated rings. The third-order valence-corrected chi connectivity index (χ3v) is 0.556. The van der Waals surface area contributed by atoms with Gasteiger partial charge in [0.2, 0.25) is 0 Å². The van der Waals surface area contributed by atoms with Crippen LogP contribution < -0.4 is 0 Å². The van der Waals surface area contributed by atoms with E-state index >= 15 is 0 Å². The van der Waals surface area contributed by atoms with Crippen LogP contribution >= 0.6 is 0 Å². The van der Waals surface area contributed by atoms with Crippen LogP contribution in [0.5, 0.6) is 0 Å². The molecule has 55 valence electrons. The number of hydrogen-bond donors (Lipinski definition) is 0. The maximum absolute atomic E-state index is 3.57. The molecule has 0 rings (SSSR count). The van der Waals surface area contributed by atoms with Crippen molar-refractivity contribution >= 4 is 0 Å². The first-order chi connectivity index (χ1) is 3.41. The van der Waals surface area contributed by atoms with E-state index in [1.165, 1.54) is 0 Å². The van der Waals surface area contributed by atoms with E-state index in [9.17, 15) is 0 Å². The normalized spacial score (nSPS) is 5.56. The Morgan fingerprint density at radius 2 is 2.00 bits per heavy atom. The second-order valence-electron chi connectivity index (χ2n) is 1.22. The van der Waals surface area contributed by atoms with Crippen LogP contribution in [0.4, 0.5) is 0 Å². The summed E-state index contributed by atoms with van der Waals surface area (Å²) < 4.78 is 0. The van der Waals surface area contributed by atoms with Gasteiger partial charge >= 0.3 is 17.1 Å². The van der Waals surface area contributed by atoms with Gasteiger partial charge in [-0.2, -0.15) is 6.92 Å². The molecule has 9 heavy (non-hydrogen) atoms. The Morgan fingerprint density at radius 1 is 1.44 bits per heavy atom. The molecular formula is C8H14Mn-2. The number of rotatable bonds is 1. The summed E-state index contributed by atoms with van der Waals surface area (Å²) in [7, 11) is 0.